The van der Waals surface area contributed by atoms with E-state index in [1.807, 2.05) is 31.3 Å². The fourth-order valence-electron chi connectivity index (χ4n) is 3.04. The highest BCUT2D eigenvalue weighted by Gasteiger charge is 2.21. The molecule has 0 amide bonds. The Morgan fingerprint density at radius 1 is 1.26 bits per heavy atom. The van der Waals surface area contributed by atoms with Gasteiger partial charge in [-0.05, 0) is 43.1 Å². The Kier molecular flexibility index (Phi) is 5.18. The van der Waals surface area contributed by atoms with Crippen LogP contribution in [0.4, 0.5) is 0 Å². The lowest BCUT2D eigenvalue weighted by Gasteiger charge is -2.19. The molecule has 2 aromatic rings. The average molecular weight is 326 g/mol. The lowest BCUT2D eigenvalue weighted by atomic mass is 9.89. The van der Waals surface area contributed by atoms with Gasteiger partial charge in [0.15, 0.2) is 5.82 Å². The molecule has 0 radical (unpaired) electrons. The van der Waals surface area contributed by atoms with Crippen LogP contribution in [-0.4, -0.2) is 21.1 Å². The third kappa shape index (κ3) is 4.05. The summed E-state index contributed by atoms with van der Waals surface area (Å²) in [5.74, 6) is 1.44. The van der Waals surface area contributed by atoms with Crippen molar-refractivity contribution < 1.29 is 0 Å². The zero-order chi connectivity index (χ0) is 16.1. The molecule has 23 heavy (non-hydrogen) atoms. The zero-order valence-electron chi connectivity index (χ0n) is 13.4. The van der Waals surface area contributed by atoms with E-state index < -0.39 is 0 Å². The first-order chi connectivity index (χ1) is 11.2. The summed E-state index contributed by atoms with van der Waals surface area (Å²) in [6, 6.07) is 10.2. The Hall–Kier alpha value is -2.01. The molecule has 1 aromatic heterocycles. The van der Waals surface area contributed by atoms with Crippen molar-refractivity contribution in [3.63, 3.8) is 0 Å². The summed E-state index contributed by atoms with van der Waals surface area (Å²) in [6.45, 7) is 2.04. The summed E-state index contributed by atoms with van der Waals surface area (Å²) in [5.41, 5.74) is 2.24. The number of rotatable bonds is 4. The second-order valence-electron chi connectivity index (χ2n) is 6.08. The van der Waals surface area contributed by atoms with E-state index in [2.05, 4.69) is 33.5 Å². The minimum atomic E-state index is 0.465. The average Bonchev–Trinajstić information content (AvgIpc) is 2.95. The molecular weight excluding hydrogens is 304 g/mol. The zero-order valence-corrected chi connectivity index (χ0v) is 14.2. The van der Waals surface area contributed by atoms with Gasteiger partial charge in [0.05, 0.1) is 6.21 Å². The van der Waals surface area contributed by atoms with E-state index in [0.29, 0.717) is 10.7 Å². The Labute approximate surface area is 141 Å². The van der Waals surface area contributed by atoms with Gasteiger partial charge in [0.25, 0.3) is 0 Å². The molecular formula is C18H22N4S. The first-order valence-corrected chi connectivity index (χ1v) is 8.60. The van der Waals surface area contributed by atoms with Crippen LogP contribution in [0.1, 0.15) is 56.3 Å². The molecule has 0 spiro atoms. The summed E-state index contributed by atoms with van der Waals surface area (Å²) < 4.78 is 2.35. The lowest BCUT2D eigenvalue weighted by Crippen LogP contribution is -2.10. The first-order valence-electron chi connectivity index (χ1n) is 8.19. The van der Waals surface area contributed by atoms with Gasteiger partial charge in [-0.2, -0.15) is 14.9 Å². The molecule has 5 heteroatoms. The smallest absolute Gasteiger partial charge is 0.216 e. The van der Waals surface area contributed by atoms with E-state index in [9.17, 15) is 0 Å². The highest BCUT2D eigenvalue weighted by atomic mass is 32.1. The van der Waals surface area contributed by atoms with Crippen LogP contribution in [0.2, 0.25) is 0 Å². The molecule has 3 rings (SSSR count). The molecule has 1 heterocycles. The van der Waals surface area contributed by atoms with Gasteiger partial charge in [-0.3, -0.25) is 5.10 Å². The van der Waals surface area contributed by atoms with Crippen molar-refractivity contribution in [3.8, 4) is 0 Å². The van der Waals surface area contributed by atoms with Crippen LogP contribution >= 0.6 is 12.2 Å². The monoisotopic (exact) mass is 326 g/mol. The van der Waals surface area contributed by atoms with Gasteiger partial charge >= 0.3 is 0 Å². The topological polar surface area (TPSA) is 46.0 Å². The number of aromatic nitrogens is 3. The van der Waals surface area contributed by atoms with Crippen LogP contribution in [0.3, 0.4) is 0 Å². The molecule has 1 N–H and O–H groups in total. The van der Waals surface area contributed by atoms with Crippen molar-refractivity contribution in [2.24, 2.45) is 5.10 Å². The summed E-state index contributed by atoms with van der Waals surface area (Å²) in [4.78, 5) is 0. The summed E-state index contributed by atoms with van der Waals surface area (Å²) in [5, 5.41) is 11.9. The maximum absolute atomic E-state index is 5.34. The van der Waals surface area contributed by atoms with Crippen LogP contribution in [0.25, 0.3) is 6.08 Å². The Morgan fingerprint density at radius 3 is 2.74 bits per heavy atom. The van der Waals surface area contributed by atoms with Crippen molar-refractivity contribution in [1.29, 1.82) is 0 Å². The fourth-order valence-corrected chi connectivity index (χ4v) is 3.23. The molecule has 0 aliphatic heterocycles. The minimum Gasteiger partial charge on any atom is -0.250 e. The van der Waals surface area contributed by atoms with Gasteiger partial charge in [0.2, 0.25) is 4.77 Å². The van der Waals surface area contributed by atoms with E-state index in [1.165, 1.54) is 37.7 Å². The van der Waals surface area contributed by atoms with Gasteiger partial charge in [-0.25, -0.2) is 0 Å². The number of nitrogens with one attached hydrogen (secondary N) is 1. The predicted octanol–water partition coefficient (Wildman–Crippen LogP) is 4.93. The van der Waals surface area contributed by atoms with Gasteiger partial charge in [-0.15, -0.1) is 0 Å². The predicted molar refractivity (Wildman–Crippen MR) is 97.2 cm³/mol. The molecule has 1 saturated carbocycles. The standard InChI is InChI=1S/C18H22N4S/c1-14(12-15-8-4-2-5-9-15)13-19-22-17(20-21-18(22)23)16-10-6-3-7-11-16/h2,4-5,8-9,12-13,16H,3,6-7,10-11H2,1H3,(H,21,23)/b14-12+,19-13?. The van der Waals surface area contributed by atoms with E-state index in [4.69, 9.17) is 12.2 Å². The van der Waals surface area contributed by atoms with Crippen molar-refractivity contribution in [3.05, 3.63) is 52.1 Å². The van der Waals surface area contributed by atoms with Gasteiger partial charge in [-0.1, -0.05) is 55.7 Å². The molecule has 120 valence electrons. The molecule has 0 bridgehead atoms. The number of hydrogen-bond acceptors (Lipinski definition) is 3. The van der Waals surface area contributed by atoms with Gasteiger partial charge in [0, 0.05) is 5.92 Å². The van der Waals surface area contributed by atoms with Crippen LogP contribution in [0.5, 0.6) is 0 Å². The fraction of sp³-hybridized carbons (Fsp3) is 0.389. The molecule has 0 saturated heterocycles. The summed E-state index contributed by atoms with van der Waals surface area (Å²) in [7, 11) is 0. The second kappa shape index (κ2) is 7.51. The SMILES string of the molecule is C/C(C=Nn1c(C2CCCCC2)n[nH]c1=S)=C\c1ccccc1. The Balaban J connectivity index is 1.81. The summed E-state index contributed by atoms with van der Waals surface area (Å²) >= 11 is 5.34. The second-order valence-corrected chi connectivity index (χ2v) is 6.46. The van der Waals surface area contributed by atoms with Gasteiger partial charge in [0.1, 0.15) is 0 Å². The largest absolute Gasteiger partial charge is 0.250 e. The molecule has 1 fully saturated rings. The van der Waals surface area contributed by atoms with E-state index >= 15 is 0 Å². The molecule has 4 nitrogen and oxygen atoms in total. The molecule has 1 aromatic carbocycles. The number of aromatic amines is 1. The third-order valence-corrected chi connectivity index (χ3v) is 4.48. The maximum Gasteiger partial charge on any atom is 0.216 e. The lowest BCUT2D eigenvalue weighted by molar-refractivity contribution is 0.419. The number of hydrogen-bond donors (Lipinski definition) is 1. The quantitative estimate of drug-likeness (QED) is 0.640. The number of benzene rings is 1. The van der Waals surface area contributed by atoms with Crippen molar-refractivity contribution in [1.82, 2.24) is 14.9 Å². The molecule has 1 aliphatic rings. The third-order valence-electron chi connectivity index (χ3n) is 4.22. The van der Waals surface area contributed by atoms with Crippen LogP contribution < -0.4 is 0 Å². The van der Waals surface area contributed by atoms with E-state index in [1.54, 1.807) is 4.68 Å². The van der Waals surface area contributed by atoms with E-state index in [-0.39, 0.29) is 0 Å². The molecule has 1 aliphatic carbocycles. The Morgan fingerprint density at radius 2 is 2.00 bits per heavy atom. The normalized spacial score (nSPS) is 17.0. The van der Waals surface area contributed by atoms with Crippen LogP contribution in [0.15, 0.2) is 41.0 Å². The van der Waals surface area contributed by atoms with Crippen molar-refractivity contribution in [2.45, 2.75) is 44.9 Å². The number of nitrogens with zero attached hydrogens (tertiary/aromatic N) is 3. The van der Waals surface area contributed by atoms with E-state index in [0.717, 1.165) is 11.4 Å². The number of H-pyrrole nitrogens is 1. The van der Waals surface area contributed by atoms with Crippen molar-refractivity contribution in [2.75, 3.05) is 0 Å². The maximum atomic E-state index is 5.34. The molecule has 0 atom stereocenters. The van der Waals surface area contributed by atoms with Gasteiger partial charge < -0.3 is 0 Å². The highest BCUT2D eigenvalue weighted by molar-refractivity contribution is 7.71. The number of allylic oxidation sites excluding steroid dienone is 1. The van der Waals surface area contributed by atoms with Crippen LogP contribution in [0, 0.1) is 4.77 Å². The molecule has 0 unspecified atom stereocenters. The minimum absolute atomic E-state index is 0.465. The Bertz CT molecular complexity index is 749. The summed E-state index contributed by atoms with van der Waals surface area (Å²) in [6.07, 6.45) is 10.2. The first kappa shape index (κ1) is 15.9. The van der Waals surface area contributed by atoms with Crippen molar-refractivity contribution >= 4 is 24.5 Å². The van der Waals surface area contributed by atoms with Crippen LogP contribution in [-0.2, 0) is 0 Å². The highest BCUT2D eigenvalue weighted by Crippen LogP contribution is 2.31.